The van der Waals surface area contributed by atoms with Gasteiger partial charge in [0.2, 0.25) is 5.91 Å². The molecule has 0 bridgehead atoms. The third-order valence-corrected chi connectivity index (χ3v) is 2.12. The molecule has 2 atom stereocenters. The first-order valence-electron chi connectivity index (χ1n) is 4.16. The first-order chi connectivity index (χ1) is 5.15. The zero-order valence-corrected chi connectivity index (χ0v) is 7.42. The second-order valence-electron chi connectivity index (χ2n) is 3.25. The van der Waals surface area contributed by atoms with E-state index in [4.69, 9.17) is 0 Å². The Labute approximate surface area is 67.8 Å². The van der Waals surface area contributed by atoms with Crippen molar-refractivity contribution < 1.29 is 4.79 Å². The highest BCUT2D eigenvalue weighted by atomic mass is 16.2. The summed E-state index contributed by atoms with van der Waals surface area (Å²) in [6.07, 6.45) is 0.882. The molecule has 0 saturated carbocycles. The van der Waals surface area contributed by atoms with E-state index in [0.717, 1.165) is 13.0 Å². The summed E-state index contributed by atoms with van der Waals surface area (Å²) in [5, 5.41) is 3.25. The van der Waals surface area contributed by atoms with Gasteiger partial charge >= 0.3 is 0 Å². The molecule has 1 N–H and O–H groups in total. The van der Waals surface area contributed by atoms with Crippen LogP contribution in [0.2, 0.25) is 0 Å². The minimum atomic E-state index is 0.0451. The first kappa shape index (κ1) is 8.53. The normalized spacial score (nSPS) is 32.6. The summed E-state index contributed by atoms with van der Waals surface area (Å²) in [7, 11) is 1.86. The van der Waals surface area contributed by atoms with E-state index in [-0.39, 0.29) is 11.9 Å². The molecule has 0 spiro atoms. The number of nitrogens with zero attached hydrogens (tertiary/aromatic N) is 1. The Hall–Kier alpha value is -0.570. The number of hydrogen-bond donors (Lipinski definition) is 1. The summed E-state index contributed by atoms with van der Waals surface area (Å²) >= 11 is 0. The van der Waals surface area contributed by atoms with Crippen LogP contribution in [0.25, 0.3) is 0 Å². The zero-order valence-electron chi connectivity index (χ0n) is 7.42. The van der Waals surface area contributed by atoms with Crippen LogP contribution in [0.1, 0.15) is 20.3 Å². The van der Waals surface area contributed by atoms with Crippen molar-refractivity contribution in [2.45, 2.75) is 32.4 Å². The summed E-state index contributed by atoms with van der Waals surface area (Å²) in [5.41, 5.74) is 0. The maximum absolute atomic E-state index is 11.4. The molecule has 0 aromatic rings. The molecule has 1 aliphatic heterocycles. The van der Waals surface area contributed by atoms with Gasteiger partial charge in [0.1, 0.15) is 0 Å². The first-order valence-corrected chi connectivity index (χ1v) is 4.16. The molecule has 1 rings (SSSR count). The van der Waals surface area contributed by atoms with Gasteiger partial charge in [0.25, 0.3) is 0 Å². The van der Waals surface area contributed by atoms with Gasteiger partial charge in [-0.2, -0.15) is 0 Å². The third kappa shape index (κ3) is 1.71. The summed E-state index contributed by atoms with van der Waals surface area (Å²) in [4.78, 5) is 13.2. The van der Waals surface area contributed by atoms with E-state index in [0.29, 0.717) is 6.04 Å². The highest BCUT2D eigenvalue weighted by molar-refractivity contribution is 5.82. The number of likely N-dealkylation sites (N-methyl/N-ethyl adjacent to an activating group) is 1. The topological polar surface area (TPSA) is 32.3 Å². The predicted octanol–water partition coefficient (Wildman–Crippen LogP) is 0.215. The van der Waals surface area contributed by atoms with Crippen LogP contribution in [0.5, 0.6) is 0 Å². The van der Waals surface area contributed by atoms with Gasteiger partial charge in [-0.15, -0.1) is 0 Å². The van der Waals surface area contributed by atoms with E-state index in [1.807, 2.05) is 14.0 Å². The Bertz CT molecular complexity index is 158. The van der Waals surface area contributed by atoms with Gasteiger partial charge in [-0.25, -0.2) is 0 Å². The van der Waals surface area contributed by atoms with E-state index in [1.165, 1.54) is 0 Å². The average Bonchev–Trinajstić information content (AvgIpc) is 1.96. The molecule has 3 nitrogen and oxygen atoms in total. The lowest BCUT2D eigenvalue weighted by atomic mass is 10.1. The average molecular weight is 156 g/mol. The van der Waals surface area contributed by atoms with Gasteiger partial charge in [-0.05, 0) is 13.3 Å². The van der Waals surface area contributed by atoms with Crippen molar-refractivity contribution in [2.75, 3.05) is 13.6 Å². The van der Waals surface area contributed by atoms with E-state index in [2.05, 4.69) is 12.2 Å². The molecule has 0 aliphatic carbocycles. The molecule has 1 heterocycles. The summed E-state index contributed by atoms with van der Waals surface area (Å²) in [6.45, 7) is 4.96. The quantitative estimate of drug-likeness (QED) is 0.589. The second kappa shape index (κ2) is 3.22. The molecule has 0 radical (unpaired) electrons. The van der Waals surface area contributed by atoms with Crippen LogP contribution in [0.3, 0.4) is 0 Å². The van der Waals surface area contributed by atoms with E-state index >= 15 is 0 Å². The second-order valence-corrected chi connectivity index (χ2v) is 3.25. The summed E-state index contributed by atoms with van der Waals surface area (Å²) < 4.78 is 0. The Morgan fingerprint density at radius 3 is 2.91 bits per heavy atom. The molecular weight excluding hydrogens is 140 g/mol. The van der Waals surface area contributed by atoms with Crippen molar-refractivity contribution in [2.24, 2.45) is 0 Å². The van der Waals surface area contributed by atoms with Crippen molar-refractivity contribution in [3.8, 4) is 0 Å². The molecule has 0 aromatic carbocycles. The highest BCUT2D eigenvalue weighted by Gasteiger charge is 2.27. The molecule has 3 heteroatoms. The minimum absolute atomic E-state index is 0.0451. The fourth-order valence-electron chi connectivity index (χ4n) is 1.53. The van der Waals surface area contributed by atoms with Crippen molar-refractivity contribution in [1.29, 1.82) is 0 Å². The maximum Gasteiger partial charge on any atom is 0.239 e. The van der Waals surface area contributed by atoms with Crippen LogP contribution in [0.15, 0.2) is 0 Å². The Morgan fingerprint density at radius 1 is 1.73 bits per heavy atom. The Morgan fingerprint density at radius 2 is 2.36 bits per heavy atom. The van der Waals surface area contributed by atoms with Crippen LogP contribution >= 0.6 is 0 Å². The molecule has 11 heavy (non-hydrogen) atoms. The number of carbonyl (C=O) groups excluding carboxylic acids is 1. The Kier molecular flexibility index (Phi) is 2.49. The monoisotopic (exact) mass is 156 g/mol. The van der Waals surface area contributed by atoms with Crippen LogP contribution in [-0.2, 0) is 4.79 Å². The number of hydrogen-bond acceptors (Lipinski definition) is 2. The van der Waals surface area contributed by atoms with Crippen LogP contribution in [0.4, 0.5) is 0 Å². The molecule has 1 fully saturated rings. The summed E-state index contributed by atoms with van der Waals surface area (Å²) in [6, 6.07) is 0.478. The molecule has 1 aliphatic rings. The molecule has 64 valence electrons. The van der Waals surface area contributed by atoms with Crippen molar-refractivity contribution in [1.82, 2.24) is 10.2 Å². The largest absolute Gasteiger partial charge is 0.343 e. The fourth-order valence-corrected chi connectivity index (χ4v) is 1.53. The minimum Gasteiger partial charge on any atom is -0.343 e. The van der Waals surface area contributed by atoms with Crippen LogP contribution in [-0.4, -0.2) is 36.5 Å². The number of nitrogens with one attached hydrogen (secondary N) is 1. The lowest BCUT2D eigenvalue weighted by molar-refractivity contribution is -0.135. The van der Waals surface area contributed by atoms with E-state index < -0.39 is 0 Å². The zero-order chi connectivity index (χ0) is 8.43. The van der Waals surface area contributed by atoms with Crippen LogP contribution in [0, 0.1) is 0 Å². The van der Waals surface area contributed by atoms with Gasteiger partial charge in [0.15, 0.2) is 0 Å². The lowest BCUT2D eigenvalue weighted by Crippen LogP contribution is -2.57. The number of carbonyl (C=O) groups is 1. The predicted molar refractivity (Wildman–Crippen MR) is 44.3 cm³/mol. The molecule has 0 aromatic heterocycles. The highest BCUT2D eigenvalue weighted by Crippen LogP contribution is 2.05. The lowest BCUT2D eigenvalue weighted by Gasteiger charge is -2.34. The van der Waals surface area contributed by atoms with Gasteiger partial charge in [-0.1, -0.05) is 6.92 Å². The number of rotatable bonds is 1. The van der Waals surface area contributed by atoms with Gasteiger partial charge in [0, 0.05) is 19.6 Å². The van der Waals surface area contributed by atoms with Crippen molar-refractivity contribution in [3.05, 3.63) is 0 Å². The Balaban J connectivity index is 2.59. The molecule has 1 saturated heterocycles. The summed E-state index contributed by atoms with van der Waals surface area (Å²) in [5.74, 6) is 0.227. The number of amides is 1. The van der Waals surface area contributed by atoms with Gasteiger partial charge < -0.3 is 10.2 Å². The van der Waals surface area contributed by atoms with Crippen LogP contribution < -0.4 is 5.32 Å². The van der Waals surface area contributed by atoms with Crippen molar-refractivity contribution >= 4 is 5.91 Å². The third-order valence-electron chi connectivity index (χ3n) is 2.12. The van der Waals surface area contributed by atoms with E-state index in [9.17, 15) is 4.79 Å². The van der Waals surface area contributed by atoms with Crippen molar-refractivity contribution in [3.63, 3.8) is 0 Å². The molecule has 1 amide bonds. The standard InChI is InChI=1S/C8H16N2O/c1-4-7-8(11)10(3)5-6(2)9-7/h6-7,9H,4-5H2,1-3H3/t6-,7-/m1/s1. The molecular formula is C8H16N2O. The van der Waals surface area contributed by atoms with E-state index in [1.54, 1.807) is 4.90 Å². The fraction of sp³-hybridized carbons (Fsp3) is 0.875. The smallest absolute Gasteiger partial charge is 0.239 e. The van der Waals surface area contributed by atoms with Gasteiger partial charge in [-0.3, -0.25) is 4.79 Å². The van der Waals surface area contributed by atoms with Gasteiger partial charge in [0.05, 0.1) is 6.04 Å². The number of piperazine rings is 1. The SMILES string of the molecule is CC[C@H]1N[C@H](C)CN(C)C1=O. The maximum atomic E-state index is 11.4. The molecule has 0 unspecified atom stereocenters.